The van der Waals surface area contributed by atoms with Gasteiger partial charge in [-0.3, -0.25) is 4.79 Å². The molecule has 138 valence electrons. The zero-order chi connectivity index (χ0) is 18.0. The van der Waals surface area contributed by atoms with Gasteiger partial charge in [-0.05, 0) is 43.7 Å². The minimum atomic E-state index is -0.206. The zero-order valence-corrected chi connectivity index (χ0v) is 16.0. The van der Waals surface area contributed by atoms with Gasteiger partial charge in [0.15, 0.2) is 5.82 Å². The number of likely N-dealkylation sites (N-methyl/N-ethyl adjacent to an activating group) is 1. The first kappa shape index (κ1) is 18.4. The maximum atomic E-state index is 12.8. The Hall–Kier alpha value is -1.40. The van der Waals surface area contributed by atoms with Gasteiger partial charge in [0, 0.05) is 19.7 Å². The standard InChI is InChI=1S/C18H27ClN4O2/c1-4-6-9-25-13-8-7-12(10-13)23-14(5-2)17(24)22(3)15-11-20-18(19)21-16(15)23/h11-14H,4-10H2,1-3H3/t12?,13?,14-/m1/s1. The van der Waals surface area contributed by atoms with E-state index in [1.165, 1.54) is 0 Å². The van der Waals surface area contributed by atoms with Gasteiger partial charge in [0.05, 0.1) is 12.3 Å². The highest BCUT2D eigenvalue weighted by atomic mass is 35.5. The van der Waals surface area contributed by atoms with Crippen LogP contribution in [-0.4, -0.2) is 47.7 Å². The predicted molar refractivity (Wildman–Crippen MR) is 99.3 cm³/mol. The van der Waals surface area contributed by atoms with Crippen LogP contribution in [0.1, 0.15) is 52.4 Å². The number of hydrogen-bond acceptors (Lipinski definition) is 5. The van der Waals surface area contributed by atoms with E-state index in [0.717, 1.165) is 56.6 Å². The highest BCUT2D eigenvalue weighted by molar-refractivity contribution is 6.28. The Labute approximate surface area is 154 Å². The van der Waals surface area contributed by atoms with Crippen LogP contribution < -0.4 is 9.80 Å². The minimum Gasteiger partial charge on any atom is -0.378 e. The van der Waals surface area contributed by atoms with Crippen molar-refractivity contribution in [3.63, 3.8) is 0 Å². The molecule has 7 heteroatoms. The van der Waals surface area contributed by atoms with Crippen LogP contribution in [0.5, 0.6) is 0 Å². The molecule has 1 aliphatic carbocycles. The summed E-state index contributed by atoms with van der Waals surface area (Å²) in [6.45, 7) is 5.03. The number of aromatic nitrogens is 2. The van der Waals surface area contributed by atoms with E-state index in [1.54, 1.807) is 18.1 Å². The molecule has 0 bridgehead atoms. The molecule has 0 saturated heterocycles. The lowest BCUT2D eigenvalue weighted by Crippen LogP contribution is -2.55. The molecule has 1 amide bonds. The second-order valence-corrected chi connectivity index (χ2v) is 7.23. The number of amides is 1. The molecule has 1 aromatic rings. The Morgan fingerprint density at radius 1 is 1.36 bits per heavy atom. The monoisotopic (exact) mass is 366 g/mol. The molecule has 2 aliphatic rings. The van der Waals surface area contributed by atoms with Crippen molar-refractivity contribution in [2.45, 2.75) is 70.6 Å². The highest BCUT2D eigenvalue weighted by Crippen LogP contribution is 2.40. The molecule has 3 rings (SSSR count). The summed E-state index contributed by atoms with van der Waals surface area (Å²) in [5, 5.41) is 0.218. The summed E-state index contributed by atoms with van der Waals surface area (Å²) in [6.07, 6.45) is 7.85. The molecule has 3 atom stereocenters. The van der Waals surface area contributed by atoms with Gasteiger partial charge in [-0.25, -0.2) is 4.98 Å². The van der Waals surface area contributed by atoms with Crippen LogP contribution in [-0.2, 0) is 9.53 Å². The van der Waals surface area contributed by atoms with Crippen molar-refractivity contribution in [2.24, 2.45) is 0 Å². The van der Waals surface area contributed by atoms with E-state index in [4.69, 9.17) is 16.3 Å². The van der Waals surface area contributed by atoms with E-state index >= 15 is 0 Å². The maximum absolute atomic E-state index is 12.8. The number of rotatable bonds is 6. The van der Waals surface area contributed by atoms with Crippen molar-refractivity contribution in [3.05, 3.63) is 11.5 Å². The van der Waals surface area contributed by atoms with Gasteiger partial charge < -0.3 is 14.5 Å². The van der Waals surface area contributed by atoms with Crippen molar-refractivity contribution < 1.29 is 9.53 Å². The van der Waals surface area contributed by atoms with Crippen LogP contribution >= 0.6 is 11.6 Å². The quantitative estimate of drug-likeness (QED) is 0.570. The SMILES string of the molecule is CCCCOC1CCC(N2c3nc(Cl)ncc3N(C)C(=O)[C@H]2CC)C1. The fourth-order valence-electron chi connectivity index (χ4n) is 3.90. The highest BCUT2D eigenvalue weighted by Gasteiger charge is 2.42. The van der Waals surface area contributed by atoms with E-state index in [2.05, 4.69) is 21.8 Å². The van der Waals surface area contributed by atoms with Gasteiger partial charge in [0.2, 0.25) is 11.2 Å². The smallest absolute Gasteiger partial charge is 0.249 e. The van der Waals surface area contributed by atoms with E-state index in [1.807, 2.05) is 6.92 Å². The topological polar surface area (TPSA) is 58.6 Å². The summed E-state index contributed by atoms with van der Waals surface area (Å²) in [5.74, 6) is 0.865. The number of carbonyl (C=O) groups excluding carboxylic acids is 1. The van der Waals surface area contributed by atoms with Gasteiger partial charge in [-0.1, -0.05) is 20.3 Å². The van der Waals surface area contributed by atoms with Crippen LogP contribution in [0, 0.1) is 0 Å². The molecule has 0 spiro atoms. The minimum absolute atomic E-state index is 0.0938. The van der Waals surface area contributed by atoms with E-state index in [-0.39, 0.29) is 29.4 Å². The second-order valence-electron chi connectivity index (χ2n) is 6.89. The molecule has 2 unspecified atom stereocenters. The summed E-state index contributed by atoms with van der Waals surface area (Å²) in [6, 6.07) is 0.0433. The Kier molecular flexibility index (Phi) is 5.79. The third kappa shape index (κ3) is 3.60. The number of unbranched alkanes of at least 4 members (excludes halogenated alkanes) is 1. The molecule has 0 radical (unpaired) electrons. The third-order valence-electron chi connectivity index (χ3n) is 5.27. The number of fused-ring (bicyclic) bond motifs is 1. The Bertz CT molecular complexity index is 627. The Morgan fingerprint density at radius 2 is 2.16 bits per heavy atom. The van der Waals surface area contributed by atoms with Gasteiger partial charge >= 0.3 is 0 Å². The summed E-state index contributed by atoms with van der Waals surface area (Å²) >= 11 is 6.06. The van der Waals surface area contributed by atoms with Crippen molar-refractivity contribution in [1.82, 2.24) is 9.97 Å². The van der Waals surface area contributed by atoms with Crippen LogP contribution in [0.3, 0.4) is 0 Å². The van der Waals surface area contributed by atoms with Gasteiger partial charge in [0.25, 0.3) is 0 Å². The molecule has 0 N–H and O–H groups in total. The molecular weight excluding hydrogens is 340 g/mol. The zero-order valence-electron chi connectivity index (χ0n) is 15.2. The molecule has 1 saturated carbocycles. The summed E-state index contributed by atoms with van der Waals surface area (Å²) in [4.78, 5) is 25.2. The lowest BCUT2D eigenvalue weighted by atomic mass is 10.0. The first-order valence-electron chi connectivity index (χ1n) is 9.26. The van der Waals surface area contributed by atoms with Crippen molar-refractivity contribution in [2.75, 3.05) is 23.5 Å². The summed E-state index contributed by atoms with van der Waals surface area (Å²) in [7, 11) is 1.78. The van der Waals surface area contributed by atoms with Gasteiger partial charge in [-0.15, -0.1) is 0 Å². The van der Waals surface area contributed by atoms with Crippen LogP contribution in [0.4, 0.5) is 11.5 Å². The van der Waals surface area contributed by atoms with E-state index in [9.17, 15) is 4.79 Å². The lowest BCUT2D eigenvalue weighted by molar-refractivity contribution is -0.120. The average Bonchev–Trinajstić information content (AvgIpc) is 3.06. The number of hydrogen-bond donors (Lipinski definition) is 0. The fourth-order valence-corrected chi connectivity index (χ4v) is 4.02. The molecule has 25 heavy (non-hydrogen) atoms. The number of halogens is 1. The largest absolute Gasteiger partial charge is 0.378 e. The summed E-state index contributed by atoms with van der Waals surface area (Å²) in [5.41, 5.74) is 0.731. The van der Waals surface area contributed by atoms with E-state index in [0.29, 0.717) is 0 Å². The normalized spacial score (nSPS) is 26.2. The first-order chi connectivity index (χ1) is 12.1. The molecular formula is C18H27ClN4O2. The number of anilines is 2. The van der Waals surface area contributed by atoms with Crippen molar-refractivity contribution in [1.29, 1.82) is 0 Å². The van der Waals surface area contributed by atoms with Crippen LogP contribution in [0.15, 0.2) is 6.20 Å². The summed E-state index contributed by atoms with van der Waals surface area (Å²) < 4.78 is 6.01. The third-order valence-corrected chi connectivity index (χ3v) is 5.45. The number of ether oxygens (including phenoxy) is 1. The number of nitrogens with zero attached hydrogens (tertiary/aromatic N) is 4. The molecule has 1 aliphatic heterocycles. The molecule has 1 aromatic heterocycles. The first-order valence-corrected chi connectivity index (χ1v) is 9.64. The second kappa shape index (κ2) is 7.87. The lowest BCUT2D eigenvalue weighted by Gasteiger charge is -2.43. The van der Waals surface area contributed by atoms with Crippen LogP contribution in [0.2, 0.25) is 5.28 Å². The molecule has 1 fully saturated rings. The predicted octanol–water partition coefficient (Wildman–Crippen LogP) is 3.43. The van der Waals surface area contributed by atoms with Crippen molar-refractivity contribution >= 4 is 29.0 Å². The van der Waals surface area contributed by atoms with Gasteiger partial charge in [-0.2, -0.15) is 4.98 Å². The maximum Gasteiger partial charge on any atom is 0.249 e. The number of carbonyl (C=O) groups is 1. The molecule has 2 heterocycles. The van der Waals surface area contributed by atoms with E-state index < -0.39 is 0 Å². The molecule has 6 nitrogen and oxygen atoms in total. The van der Waals surface area contributed by atoms with Gasteiger partial charge in [0.1, 0.15) is 11.7 Å². The Morgan fingerprint density at radius 3 is 2.88 bits per heavy atom. The molecule has 0 aromatic carbocycles. The van der Waals surface area contributed by atoms with Crippen LogP contribution in [0.25, 0.3) is 0 Å². The fraction of sp³-hybridized carbons (Fsp3) is 0.722. The van der Waals surface area contributed by atoms with Crippen molar-refractivity contribution in [3.8, 4) is 0 Å². The average molecular weight is 367 g/mol. The Balaban J connectivity index is 1.85.